The lowest BCUT2D eigenvalue weighted by Crippen LogP contribution is -2.32. The lowest BCUT2D eigenvalue weighted by Gasteiger charge is -2.40. The van der Waals surface area contributed by atoms with E-state index in [0.29, 0.717) is 5.25 Å². The average Bonchev–Trinajstić information content (AvgIpc) is 2.89. The fraction of sp³-hybridized carbons (Fsp3) is 0.182. The predicted octanol–water partition coefficient (Wildman–Crippen LogP) is 5.35. The van der Waals surface area contributed by atoms with Gasteiger partial charge in [0.25, 0.3) is 0 Å². The fourth-order valence-corrected chi connectivity index (χ4v) is 5.12. The second-order valence-electron chi connectivity index (χ2n) is 6.90. The number of rotatable bonds is 0. The lowest BCUT2D eigenvalue weighted by atomic mass is 9.64. The molecule has 0 aliphatic heterocycles. The van der Waals surface area contributed by atoms with E-state index >= 15 is 0 Å². The molecule has 1 spiro atoms. The maximum atomic E-state index is 6.19. The highest BCUT2D eigenvalue weighted by molar-refractivity contribution is 7.80. The molecule has 2 aliphatic carbocycles. The monoisotopic (exact) mass is 329 g/mol. The summed E-state index contributed by atoms with van der Waals surface area (Å²) in [7, 11) is 0. The number of hydrogen-bond donors (Lipinski definition) is 2. The molecule has 0 fully saturated rings. The zero-order chi connectivity index (χ0) is 16.3. The van der Waals surface area contributed by atoms with Crippen molar-refractivity contribution in [3.05, 3.63) is 89.0 Å². The van der Waals surface area contributed by atoms with Gasteiger partial charge in [0.05, 0.1) is 0 Å². The van der Waals surface area contributed by atoms with Crippen molar-refractivity contribution in [1.82, 2.24) is 0 Å². The first-order chi connectivity index (χ1) is 11.7. The molecule has 0 radical (unpaired) electrons. The molecule has 3 aromatic carbocycles. The quantitative estimate of drug-likeness (QED) is 0.422. The SMILES string of the molecule is Nc1ccc2c(c1)C1(CCC(S)c3ccccc31)c1ccccc1-2. The van der Waals surface area contributed by atoms with Crippen molar-refractivity contribution in [3.63, 3.8) is 0 Å². The maximum absolute atomic E-state index is 6.19. The van der Waals surface area contributed by atoms with Crippen LogP contribution in [0.1, 0.15) is 40.3 Å². The van der Waals surface area contributed by atoms with Crippen LogP contribution in [0.2, 0.25) is 0 Å². The van der Waals surface area contributed by atoms with Crippen LogP contribution in [0.15, 0.2) is 66.7 Å². The first-order valence-electron chi connectivity index (χ1n) is 8.49. The van der Waals surface area contributed by atoms with E-state index in [9.17, 15) is 0 Å². The molecule has 3 aromatic rings. The minimum absolute atomic E-state index is 0.0862. The van der Waals surface area contributed by atoms with Gasteiger partial charge in [0, 0.05) is 16.4 Å². The Morgan fingerprint density at radius 3 is 2.42 bits per heavy atom. The average molecular weight is 329 g/mol. The van der Waals surface area contributed by atoms with E-state index in [1.165, 1.54) is 33.4 Å². The predicted molar refractivity (Wildman–Crippen MR) is 104 cm³/mol. The molecule has 2 heteroatoms. The highest BCUT2D eigenvalue weighted by Gasteiger charge is 2.47. The van der Waals surface area contributed by atoms with Gasteiger partial charge in [-0.15, -0.1) is 0 Å². The third-order valence-electron chi connectivity index (χ3n) is 5.75. The van der Waals surface area contributed by atoms with Crippen LogP contribution in [0.3, 0.4) is 0 Å². The summed E-state index contributed by atoms with van der Waals surface area (Å²) in [5.74, 6) is 0. The summed E-state index contributed by atoms with van der Waals surface area (Å²) >= 11 is 4.85. The van der Waals surface area contributed by atoms with E-state index < -0.39 is 0 Å². The number of nitrogen functional groups attached to an aromatic ring is 1. The molecular weight excluding hydrogens is 310 g/mol. The summed E-state index contributed by atoms with van der Waals surface area (Å²) in [5, 5.41) is 0.309. The Kier molecular flexibility index (Phi) is 2.90. The molecule has 0 amide bonds. The van der Waals surface area contributed by atoms with Gasteiger partial charge in [0.2, 0.25) is 0 Å². The molecule has 1 nitrogen and oxygen atoms in total. The molecule has 118 valence electrons. The van der Waals surface area contributed by atoms with Crippen LogP contribution in [0.25, 0.3) is 11.1 Å². The van der Waals surface area contributed by atoms with E-state index in [1.807, 2.05) is 6.07 Å². The van der Waals surface area contributed by atoms with E-state index in [2.05, 4.69) is 60.7 Å². The number of thiol groups is 1. The third kappa shape index (κ3) is 1.67. The molecule has 2 N–H and O–H groups in total. The number of benzene rings is 3. The van der Waals surface area contributed by atoms with Gasteiger partial charge in [-0.25, -0.2) is 0 Å². The zero-order valence-electron chi connectivity index (χ0n) is 13.4. The molecule has 2 aliphatic rings. The number of nitrogens with two attached hydrogens (primary N) is 1. The van der Waals surface area contributed by atoms with Gasteiger partial charge < -0.3 is 5.73 Å². The van der Waals surface area contributed by atoms with Gasteiger partial charge in [-0.1, -0.05) is 54.6 Å². The fourth-order valence-electron chi connectivity index (χ4n) is 4.76. The van der Waals surface area contributed by atoms with Crippen LogP contribution >= 0.6 is 12.6 Å². The van der Waals surface area contributed by atoms with Crippen LogP contribution in [-0.2, 0) is 5.41 Å². The van der Waals surface area contributed by atoms with Crippen LogP contribution in [0, 0.1) is 0 Å². The second-order valence-corrected chi connectivity index (χ2v) is 7.52. The topological polar surface area (TPSA) is 26.0 Å². The molecule has 0 aromatic heterocycles. The molecule has 2 atom stereocenters. The molecule has 0 heterocycles. The van der Waals surface area contributed by atoms with Crippen LogP contribution in [0.4, 0.5) is 5.69 Å². The largest absolute Gasteiger partial charge is 0.399 e. The van der Waals surface area contributed by atoms with Crippen molar-refractivity contribution >= 4 is 18.3 Å². The standard InChI is InChI=1S/C22H19NS/c23-14-9-10-16-15-5-1-3-7-18(15)22(20(16)13-14)12-11-21(24)17-6-2-4-8-19(17)22/h1-10,13,21,24H,11-12,23H2. The van der Waals surface area contributed by atoms with Crippen LogP contribution < -0.4 is 5.73 Å². The van der Waals surface area contributed by atoms with Crippen molar-refractivity contribution in [2.45, 2.75) is 23.5 Å². The van der Waals surface area contributed by atoms with E-state index in [0.717, 1.165) is 18.5 Å². The number of anilines is 1. The van der Waals surface area contributed by atoms with Gasteiger partial charge in [-0.3, -0.25) is 0 Å². The van der Waals surface area contributed by atoms with Gasteiger partial charge in [-0.05, 0) is 58.4 Å². The number of fused-ring (bicyclic) bond motifs is 7. The minimum Gasteiger partial charge on any atom is -0.399 e. The highest BCUT2D eigenvalue weighted by Crippen LogP contribution is 2.59. The lowest BCUT2D eigenvalue weighted by molar-refractivity contribution is 0.504. The van der Waals surface area contributed by atoms with Crippen LogP contribution in [0.5, 0.6) is 0 Å². The summed E-state index contributed by atoms with van der Waals surface area (Å²) in [6.07, 6.45) is 2.15. The summed E-state index contributed by atoms with van der Waals surface area (Å²) < 4.78 is 0. The Bertz CT molecular complexity index is 962. The first-order valence-corrected chi connectivity index (χ1v) is 9.01. The third-order valence-corrected chi connectivity index (χ3v) is 6.29. The summed E-state index contributed by atoms with van der Waals surface area (Å²) in [5.41, 5.74) is 15.1. The van der Waals surface area contributed by atoms with Crippen molar-refractivity contribution < 1.29 is 0 Å². The molecule has 0 saturated carbocycles. The molecular formula is C22H19NS. The molecule has 5 rings (SSSR count). The second kappa shape index (κ2) is 4.90. The Labute approximate surface area is 147 Å². The normalized spacial score (nSPS) is 23.6. The molecule has 24 heavy (non-hydrogen) atoms. The summed E-state index contributed by atoms with van der Waals surface area (Å²) in [4.78, 5) is 0. The van der Waals surface area contributed by atoms with Crippen LogP contribution in [-0.4, -0.2) is 0 Å². The van der Waals surface area contributed by atoms with Crippen molar-refractivity contribution in [1.29, 1.82) is 0 Å². The maximum Gasteiger partial charge on any atom is 0.0468 e. The van der Waals surface area contributed by atoms with Crippen molar-refractivity contribution in [2.75, 3.05) is 5.73 Å². The highest BCUT2D eigenvalue weighted by atomic mass is 32.1. The van der Waals surface area contributed by atoms with Gasteiger partial charge in [0.15, 0.2) is 0 Å². The Morgan fingerprint density at radius 2 is 1.54 bits per heavy atom. The Morgan fingerprint density at radius 1 is 0.833 bits per heavy atom. The summed E-state index contributed by atoms with van der Waals surface area (Å²) in [6.45, 7) is 0. The number of hydrogen-bond acceptors (Lipinski definition) is 2. The van der Waals surface area contributed by atoms with Crippen molar-refractivity contribution in [3.8, 4) is 11.1 Å². The summed E-state index contributed by atoms with van der Waals surface area (Å²) in [6, 6.07) is 24.0. The zero-order valence-corrected chi connectivity index (χ0v) is 14.3. The van der Waals surface area contributed by atoms with Crippen molar-refractivity contribution in [2.24, 2.45) is 0 Å². The molecule has 0 bridgehead atoms. The van der Waals surface area contributed by atoms with E-state index in [4.69, 9.17) is 18.4 Å². The molecule has 0 saturated heterocycles. The van der Waals surface area contributed by atoms with Gasteiger partial charge >= 0.3 is 0 Å². The van der Waals surface area contributed by atoms with E-state index in [1.54, 1.807) is 0 Å². The van der Waals surface area contributed by atoms with Gasteiger partial charge in [0.1, 0.15) is 0 Å². The Hall–Kier alpha value is -2.19. The first kappa shape index (κ1) is 14.2. The Balaban J connectivity index is 1.93. The van der Waals surface area contributed by atoms with Gasteiger partial charge in [-0.2, -0.15) is 12.6 Å². The minimum atomic E-state index is -0.0862. The molecule has 2 unspecified atom stereocenters. The van der Waals surface area contributed by atoms with E-state index in [-0.39, 0.29) is 5.41 Å². The smallest absolute Gasteiger partial charge is 0.0468 e.